The number of benzene rings is 1. The Hall–Kier alpha value is -1.65. The standard InChI is InChI=1S/C17H18N2OS/c1-11-10-13(11)19-16(14-8-5-9-21-14)18-15(17(19)20)12-6-3-2-4-7-12/h2-9,11,13,15-16,18H,10H2,1H3. The Morgan fingerprint density at radius 1 is 1.19 bits per heavy atom. The van der Waals surface area contributed by atoms with Crippen molar-refractivity contribution in [3.05, 3.63) is 58.3 Å². The van der Waals surface area contributed by atoms with E-state index in [0.717, 1.165) is 12.0 Å². The average molecular weight is 298 g/mol. The third-order valence-corrected chi connectivity index (χ3v) is 5.40. The van der Waals surface area contributed by atoms with E-state index in [-0.39, 0.29) is 18.1 Å². The highest BCUT2D eigenvalue weighted by atomic mass is 32.1. The van der Waals surface area contributed by atoms with Gasteiger partial charge >= 0.3 is 0 Å². The normalized spacial score (nSPS) is 31.7. The maximum Gasteiger partial charge on any atom is 0.246 e. The van der Waals surface area contributed by atoms with Gasteiger partial charge in [0.1, 0.15) is 12.2 Å². The van der Waals surface area contributed by atoms with Crippen molar-refractivity contribution < 1.29 is 4.79 Å². The van der Waals surface area contributed by atoms with Crippen molar-refractivity contribution in [1.82, 2.24) is 10.2 Å². The maximum atomic E-state index is 12.9. The molecule has 21 heavy (non-hydrogen) atoms. The zero-order valence-corrected chi connectivity index (χ0v) is 12.7. The van der Waals surface area contributed by atoms with Crippen LogP contribution in [0.1, 0.15) is 36.0 Å². The van der Waals surface area contributed by atoms with E-state index in [9.17, 15) is 4.79 Å². The van der Waals surface area contributed by atoms with Crippen LogP contribution in [0.25, 0.3) is 0 Å². The van der Waals surface area contributed by atoms with Crippen molar-refractivity contribution in [2.24, 2.45) is 5.92 Å². The molecule has 2 aliphatic rings. The lowest BCUT2D eigenvalue weighted by Gasteiger charge is -2.23. The lowest BCUT2D eigenvalue weighted by molar-refractivity contribution is -0.130. The van der Waals surface area contributed by atoms with Crippen molar-refractivity contribution >= 4 is 17.2 Å². The van der Waals surface area contributed by atoms with Crippen LogP contribution < -0.4 is 5.32 Å². The van der Waals surface area contributed by atoms with E-state index >= 15 is 0 Å². The summed E-state index contributed by atoms with van der Waals surface area (Å²) in [6.07, 6.45) is 1.15. The van der Waals surface area contributed by atoms with Crippen molar-refractivity contribution in [2.75, 3.05) is 0 Å². The summed E-state index contributed by atoms with van der Waals surface area (Å²) in [4.78, 5) is 16.2. The molecule has 1 saturated heterocycles. The molecule has 4 heteroatoms. The summed E-state index contributed by atoms with van der Waals surface area (Å²) in [7, 11) is 0. The predicted octanol–water partition coefficient (Wildman–Crippen LogP) is 3.33. The molecule has 1 saturated carbocycles. The number of rotatable bonds is 3. The Morgan fingerprint density at radius 2 is 1.95 bits per heavy atom. The second-order valence-corrected chi connectivity index (χ2v) is 6.93. The van der Waals surface area contributed by atoms with Gasteiger partial charge in [-0.15, -0.1) is 11.3 Å². The third kappa shape index (κ3) is 2.19. The monoisotopic (exact) mass is 298 g/mol. The molecule has 1 aromatic carbocycles. The first-order valence-electron chi connectivity index (χ1n) is 7.42. The number of thiophene rings is 1. The molecule has 0 bridgehead atoms. The van der Waals surface area contributed by atoms with Crippen molar-refractivity contribution in [2.45, 2.75) is 31.6 Å². The summed E-state index contributed by atoms with van der Waals surface area (Å²) < 4.78 is 0. The molecule has 1 N–H and O–H groups in total. The molecule has 4 atom stereocenters. The van der Waals surface area contributed by atoms with Crippen LogP contribution >= 0.6 is 11.3 Å². The Bertz CT molecular complexity index is 640. The maximum absolute atomic E-state index is 12.9. The van der Waals surface area contributed by atoms with E-state index in [0.29, 0.717) is 12.0 Å². The molecular weight excluding hydrogens is 280 g/mol. The van der Waals surface area contributed by atoms with E-state index in [1.165, 1.54) is 4.88 Å². The number of amides is 1. The molecule has 4 rings (SSSR count). The SMILES string of the molecule is CC1CC1N1C(=O)C(c2ccccc2)NC1c1cccs1. The topological polar surface area (TPSA) is 32.3 Å². The van der Waals surface area contributed by atoms with Gasteiger partial charge in [0.05, 0.1) is 0 Å². The van der Waals surface area contributed by atoms with Crippen LogP contribution in [-0.4, -0.2) is 16.8 Å². The van der Waals surface area contributed by atoms with Crippen LogP contribution in [0.2, 0.25) is 0 Å². The van der Waals surface area contributed by atoms with Crippen LogP contribution in [-0.2, 0) is 4.79 Å². The quantitative estimate of drug-likeness (QED) is 0.942. The molecule has 4 unspecified atom stereocenters. The molecule has 2 heterocycles. The summed E-state index contributed by atoms with van der Waals surface area (Å²) >= 11 is 1.71. The van der Waals surface area contributed by atoms with Crippen LogP contribution in [0.3, 0.4) is 0 Å². The zero-order chi connectivity index (χ0) is 14.4. The molecule has 1 amide bonds. The van der Waals surface area contributed by atoms with Gasteiger partial charge < -0.3 is 4.90 Å². The van der Waals surface area contributed by atoms with E-state index < -0.39 is 0 Å². The van der Waals surface area contributed by atoms with E-state index in [2.05, 4.69) is 34.7 Å². The highest BCUT2D eigenvalue weighted by Crippen LogP contribution is 2.45. The van der Waals surface area contributed by atoms with Gasteiger partial charge in [0.25, 0.3) is 0 Å². The minimum absolute atomic E-state index is 0.0256. The van der Waals surface area contributed by atoms with Crippen LogP contribution in [0.15, 0.2) is 47.8 Å². The Balaban J connectivity index is 1.69. The Labute approximate surface area is 128 Å². The van der Waals surface area contributed by atoms with Crippen LogP contribution in [0.4, 0.5) is 0 Å². The number of carbonyl (C=O) groups is 1. The zero-order valence-electron chi connectivity index (χ0n) is 11.9. The van der Waals surface area contributed by atoms with Gasteiger partial charge in [0.15, 0.2) is 0 Å². The molecule has 2 aromatic rings. The average Bonchev–Trinajstić information content (AvgIpc) is 2.95. The number of hydrogen-bond donors (Lipinski definition) is 1. The highest BCUT2D eigenvalue weighted by molar-refractivity contribution is 7.10. The fourth-order valence-electron chi connectivity index (χ4n) is 3.18. The molecule has 1 aromatic heterocycles. The summed E-state index contributed by atoms with van der Waals surface area (Å²) in [5.74, 6) is 0.835. The first-order valence-corrected chi connectivity index (χ1v) is 8.30. The molecule has 108 valence electrons. The van der Waals surface area contributed by atoms with Crippen molar-refractivity contribution in [1.29, 1.82) is 0 Å². The Morgan fingerprint density at radius 3 is 2.57 bits per heavy atom. The van der Waals surface area contributed by atoms with Gasteiger partial charge in [-0.3, -0.25) is 10.1 Å². The van der Waals surface area contributed by atoms with Gasteiger partial charge in [-0.25, -0.2) is 0 Å². The van der Waals surface area contributed by atoms with Crippen LogP contribution in [0.5, 0.6) is 0 Å². The smallest absolute Gasteiger partial charge is 0.246 e. The van der Waals surface area contributed by atoms with Crippen molar-refractivity contribution in [3.63, 3.8) is 0 Å². The second kappa shape index (κ2) is 4.97. The molecular formula is C17H18N2OS. The summed E-state index contributed by atoms with van der Waals surface area (Å²) in [5, 5.41) is 5.61. The first-order chi connectivity index (χ1) is 10.3. The minimum Gasteiger partial charge on any atom is -0.317 e. The second-order valence-electron chi connectivity index (χ2n) is 5.95. The Kier molecular flexibility index (Phi) is 3.08. The fraction of sp³-hybridized carbons (Fsp3) is 0.353. The van der Waals surface area contributed by atoms with Gasteiger partial charge in [-0.2, -0.15) is 0 Å². The lowest BCUT2D eigenvalue weighted by atomic mass is 10.1. The van der Waals surface area contributed by atoms with E-state index in [1.807, 2.05) is 30.3 Å². The molecule has 1 aliphatic carbocycles. The number of nitrogens with one attached hydrogen (secondary N) is 1. The molecule has 1 aliphatic heterocycles. The van der Waals surface area contributed by atoms with Gasteiger partial charge in [-0.05, 0) is 29.3 Å². The molecule has 3 nitrogen and oxygen atoms in total. The molecule has 0 spiro atoms. The van der Waals surface area contributed by atoms with Crippen LogP contribution in [0, 0.1) is 5.92 Å². The number of hydrogen-bond acceptors (Lipinski definition) is 3. The summed E-state index contributed by atoms with van der Waals surface area (Å²) in [5.41, 5.74) is 1.06. The predicted molar refractivity (Wildman–Crippen MR) is 83.8 cm³/mol. The lowest BCUT2D eigenvalue weighted by Crippen LogP contribution is -2.32. The minimum atomic E-state index is -0.217. The van der Waals surface area contributed by atoms with E-state index in [4.69, 9.17) is 0 Å². The van der Waals surface area contributed by atoms with E-state index in [1.54, 1.807) is 11.3 Å². The summed E-state index contributed by atoms with van der Waals surface area (Å²) in [6.45, 7) is 2.22. The first kappa shape index (κ1) is 13.0. The third-order valence-electron chi connectivity index (χ3n) is 4.47. The van der Waals surface area contributed by atoms with Gasteiger partial charge in [0, 0.05) is 10.9 Å². The highest BCUT2D eigenvalue weighted by Gasteiger charge is 2.50. The van der Waals surface area contributed by atoms with Gasteiger partial charge in [0.2, 0.25) is 5.91 Å². The number of nitrogens with zero attached hydrogens (tertiary/aromatic N) is 1. The largest absolute Gasteiger partial charge is 0.317 e. The molecule has 2 fully saturated rings. The van der Waals surface area contributed by atoms with Crippen molar-refractivity contribution in [3.8, 4) is 0 Å². The fourth-order valence-corrected chi connectivity index (χ4v) is 3.96. The van der Waals surface area contributed by atoms with Gasteiger partial charge in [-0.1, -0.05) is 43.3 Å². The molecule has 0 radical (unpaired) electrons. The summed E-state index contributed by atoms with van der Waals surface area (Å²) in [6, 6.07) is 14.4. The number of carbonyl (C=O) groups excluding carboxylic acids is 1.